The average Bonchev–Trinajstić information content (AvgIpc) is 1.67. The van der Waals surface area contributed by atoms with Crippen molar-refractivity contribution in [2.75, 3.05) is 22.9 Å². The molecule has 20 nitrogen and oxygen atoms in total. The van der Waals surface area contributed by atoms with Gasteiger partial charge >= 0.3 is 0 Å². The van der Waals surface area contributed by atoms with E-state index in [-0.39, 0.29) is 0 Å². The zero-order valence-corrected chi connectivity index (χ0v) is 55.5. The van der Waals surface area contributed by atoms with Gasteiger partial charge in [0.1, 0.15) is 45.4 Å². The largest absolute Gasteiger partial charge is 0.389 e. The van der Waals surface area contributed by atoms with E-state index in [2.05, 4.69) is 72.8 Å². The average molecular weight is 1240 g/mol. The summed E-state index contributed by atoms with van der Waals surface area (Å²) in [6.45, 7) is 27.1. The second-order valence-corrected chi connectivity index (χ2v) is 27.1. The summed E-state index contributed by atoms with van der Waals surface area (Å²) in [6, 6.07) is 31.7. The van der Waals surface area contributed by atoms with E-state index in [0.717, 1.165) is 156 Å². The van der Waals surface area contributed by atoms with E-state index in [1.807, 2.05) is 125 Å². The summed E-state index contributed by atoms with van der Waals surface area (Å²) in [5.74, 6) is 6.07. The van der Waals surface area contributed by atoms with Gasteiger partial charge in [0.05, 0.1) is 92.7 Å². The molecule has 0 saturated heterocycles. The van der Waals surface area contributed by atoms with Gasteiger partial charge in [-0.25, -0.2) is 39.9 Å². The molecular weight excluding hydrogens is 1140 g/mol. The number of pyridine rings is 4. The molecule has 0 aliphatic heterocycles. The van der Waals surface area contributed by atoms with Crippen LogP contribution >= 0.6 is 0 Å². The van der Waals surface area contributed by atoms with E-state index in [9.17, 15) is 20.4 Å². The molecule has 0 atom stereocenters. The minimum Gasteiger partial charge on any atom is -0.389 e. The van der Waals surface area contributed by atoms with Crippen molar-refractivity contribution in [2.45, 2.75) is 196 Å². The van der Waals surface area contributed by atoms with Gasteiger partial charge in [-0.2, -0.15) is 0 Å². The highest BCUT2D eigenvalue weighted by molar-refractivity contribution is 6.09. The van der Waals surface area contributed by atoms with E-state index in [4.69, 9.17) is 42.9 Å². The number of nitrogens with two attached hydrogens (primary N) is 4. The highest BCUT2D eigenvalue weighted by atomic mass is 16.3. The normalized spacial score (nSPS) is 12.4. The van der Waals surface area contributed by atoms with Gasteiger partial charge in [0.2, 0.25) is 0 Å². The lowest BCUT2D eigenvalue weighted by molar-refractivity contribution is 0.0612. The Morgan fingerprint density at radius 3 is 0.857 bits per heavy atom. The first-order valence-electron chi connectivity index (χ1n) is 32.0. The lowest BCUT2D eigenvalue weighted by atomic mass is 10.1. The zero-order chi connectivity index (χ0) is 65.9. The summed E-state index contributed by atoms with van der Waals surface area (Å²) >= 11 is 0. The molecule has 12 aromatic rings. The molecule has 8 aromatic heterocycles. The van der Waals surface area contributed by atoms with Crippen molar-refractivity contribution in [2.24, 2.45) is 5.92 Å². The zero-order valence-electron chi connectivity index (χ0n) is 55.5. The first-order chi connectivity index (χ1) is 43.0. The van der Waals surface area contributed by atoms with E-state index < -0.39 is 22.4 Å². The van der Waals surface area contributed by atoms with Crippen molar-refractivity contribution in [1.82, 2.24) is 58.1 Å². The van der Waals surface area contributed by atoms with Crippen LogP contribution in [0, 0.1) is 5.92 Å². The van der Waals surface area contributed by atoms with Crippen molar-refractivity contribution in [3.05, 3.63) is 120 Å². The van der Waals surface area contributed by atoms with E-state index >= 15 is 0 Å². The number of fused-ring (bicyclic) bond motifs is 12. The number of para-hydroxylation sites is 4. The van der Waals surface area contributed by atoms with Crippen LogP contribution in [-0.2, 0) is 51.9 Å². The molecule has 0 bridgehead atoms. The van der Waals surface area contributed by atoms with Crippen molar-refractivity contribution in [1.29, 1.82) is 0 Å². The number of unbranched alkanes of at least 4 members (excludes halogenated alkanes) is 2. The molecule has 0 radical (unpaired) electrons. The van der Waals surface area contributed by atoms with Crippen LogP contribution in [0.4, 0.5) is 23.3 Å². The third kappa shape index (κ3) is 15.4. The molecule has 91 heavy (non-hydrogen) atoms. The number of hydrogen-bond acceptors (Lipinski definition) is 16. The predicted octanol–water partition coefficient (Wildman–Crippen LogP) is 12.6. The molecule has 0 aliphatic rings. The van der Waals surface area contributed by atoms with Crippen LogP contribution < -0.4 is 22.9 Å². The number of anilines is 4. The van der Waals surface area contributed by atoms with Crippen molar-refractivity contribution in [3.8, 4) is 0 Å². The Labute approximate surface area is 532 Å². The Bertz CT molecular complexity index is 4390. The number of aryl methyl sites for hydroxylation is 3. The summed E-state index contributed by atoms with van der Waals surface area (Å²) in [6.07, 6.45) is 8.79. The van der Waals surface area contributed by atoms with E-state index in [1.54, 1.807) is 27.7 Å². The van der Waals surface area contributed by atoms with Gasteiger partial charge in [0, 0.05) is 47.2 Å². The number of aromatic nitrogens is 12. The Morgan fingerprint density at radius 2 is 0.604 bits per heavy atom. The summed E-state index contributed by atoms with van der Waals surface area (Å²) < 4.78 is 8.43. The van der Waals surface area contributed by atoms with Gasteiger partial charge in [0.25, 0.3) is 0 Å². The molecule has 0 unspecified atom stereocenters. The van der Waals surface area contributed by atoms with Gasteiger partial charge in [-0.05, 0) is 105 Å². The molecule has 4 aromatic carbocycles. The summed E-state index contributed by atoms with van der Waals surface area (Å²) in [5, 5.41) is 45.4. The maximum absolute atomic E-state index is 10.4. The van der Waals surface area contributed by atoms with Crippen LogP contribution in [0.5, 0.6) is 0 Å². The molecule has 12 N–H and O–H groups in total. The molecule has 20 heteroatoms. The Balaban J connectivity index is 0.000000144. The maximum Gasteiger partial charge on any atom is 0.152 e. The van der Waals surface area contributed by atoms with Crippen LogP contribution in [0.15, 0.2) is 97.1 Å². The van der Waals surface area contributed by atoms with Crippen LogP contribution in [0.3, 0.4) is 0 Å². The highest BCUT2D eigenvalue weighted by Crippen LogP contribution is 2.35. The Morgan fingerprint density at radius 1 is 0.352 bits per heavy atom. The predicted molar refractivity (Wildman–Crippen MR) is 373 cm³/mol. The molecule has 8 heterocycles. The Hall–Kier alpha value is -8.56. The number of hydrogen-bond donors (Lipinski definition) is 8. The SMILES string of the molecule is CC(C)Cc1nc2c(N)nc3ccccc3c2n1CC(C)(C)O.CCCCCc1nc2c(N)nc3ccccc3c2n1CC(C)(C)O.CCCc1nc2c(N)nc3ccccc3c2n1CC(C)(C)O.CCCc1nc2c(N)nc3ccccc3c2n1CC(C)(C)O. The van der Waals surface area contributed by atoms with Crippen LogP contribution in [-0.4, -0.2) is 101 Å². The van der Waals surface area contributed by atoms with Gasteiger partial charge in [-0.3, -0.25) is 0 Å². The standard InChI is InChI=1S/C19H26N4O.C18H24N4O.2C17H22N4O/c1-4-5-6-11-15-22-16-17(23(15)12-19(2,3)24)13-9-7-8-10-14(13)21-18(16)20;1-11(2)9-14-21-15-16(22(14)10-18(3,4)23)12-7-5-6-8-13(12)20-17(15)19;2*1-4-7-13-20-14-15(21(13)10-17(2,3)22)11-8-5-6-9-12(11)19-16(14)18/h7-10,24H,4-6,11-12H2,1-3H3,(H2,20,21);5-8,11,23H,9-10H2,1-4H3,(H2,19,20);2*5-6,8-9,22H,4,7,10H2,1-3H3,(H2,18,19). The fraction of sp³-hybridized carbons (Fsp3) is 0.437. The quantitative estimate of drug-likeness (QED) is 0.0370. The molecule has 0 saturated carbocycles. The number of nitrogens with zero attached hydrogens (tertiary/aromatic N) is 12. The van der Waals surface area contributed by atoms with Crippen molar-refractivity contribution >= 4 is 111 Å². The van der Waals surface area contributed by atoms with Gasteiger partial charge in [0.15, 0.2) is 23.3 Å². The molecule has 0 amide bonds. The second-order valence-electron chi connectivity index (χ2n) is 27.1. The maximum atomic E-state index is 10.4. The molecule has 12 rings (SSSR count). The second kappa shape index (κ2) is 27.1. The third-order valence-corrected chi connectivity index (χ3v) is 15.5. The first-order valence-corrected chi connectivity index (χ1v) is 32.0. The van der Waals surface area contributed by atoms with Crippen LogP contribution in [0.1, 0.15) is 145 Å². The minimum absolute atomic E-state index is 0.443. The van der Waals surface area contributed by atoms with Crippen LogP contribution in [0.25, 0.3) is 87.7 Å². The van der Waals surface area contributed by atoms with Gasteiger partial charge < -0.3 is 61.6 Å². The Kier molecular flexibility index (Phi) is 19.9. The highest BCUT2D eigenvalue weighted by Gasteiger charge is 2.27. The topological polar surface area (TPSA) is 308 Å². The number of nitrogen functional groups attached to an aromatic ring is 4. The van der Waals surface area contributed by atoms with E-state index in [1.165, 1.54) is 12.8 Å². The number of imidazole rings is 4. The molecular formula is C71H94N16O4. The summed E-state index contributed by atoms with van der Waals surface area (Å²) in [4.78, 5) is 36.8. The smallest absolute Gasteiger partial charge is 0.152 e. The summed E-state index contributed by atoms with van der Waals surface area (Å²) in [5.41, 5.74) is 31.5. The van der Waals surface area contributed by atoms with Crippen LogP contribution in [0.2, 0.25) is 0 Å². The number of benzene rings is 4. The number of rotatable bonds is 18. The first kappa shape index (κ1) is 66.8. The lowest BCUT2D eigenvalue weighted by Crippen LogP contribution is -2.27. The van der Waals surface area contributed by atoms with Gasteiger partial charge in [-0.1, -0.05) is 120 Å². The monoisotopic (exact) mass is 1230 g/mol. The fourth-order valence-electron chi connectivity index (χ4n) is 11.9. The van der Waals surface area contributed by atoms with Crippen molar-refractivity contribution in [3.63, 3.8) is 0 Å². The molecule has 0 spiro atoms. The molecule has 482 valence electrons. The molecule has 0 fully saturated rings. The fourth-order valence-corrected chi connectivity index (χ4v) is 11.9. The van der Waals surface area contributed by atoms with E-state index in [0.29, 0.717) is 55.4 Å². The third-order valence-electron chi connectivity index (χ3n) is 15.5. The number of aliphatic hydroxyl groups is 4. The van der Waals surface area contributed by atoms with Crippen molar-refractivity contribution < 1.29 is 20.4 Å². The lowest BCUT2D eigenvalue weighted by Gasteiger charge is -2.21. The van der Waals surface area contributed by atoms with Gasteiger partial charge in [-0.15, -0.1) is 0 Å². The summed E-state index contributed by atoms with van der Waals surface area (Å²) in [7, 11) is 0. The molecule has 0 aliphatic carbocycles. The minimum atomic E-state index is -0.835.